The zero-order valence-electron chi connectivity index (χ0n) is 15.1. The second-order valence-electron chi connectivity index (χ2n) is 7.17. The molecule has 1 fully saturated rings. The summed E-state index contributed by atoms with van der Waals surface area (Å²) in [5.74, 6) is -0.380. The van der Waals surface area contributed by atoms with Crippen molar-refractivity contribution in [3.8, 4) is 0 Å². The van der Waals surface area contributed by atoms with Crippen molar-refractivity contribution >= 4 is 17.7 Å². The first kappa shape index (κ1) is 17.5. The highest BCUT2D eigenvalue weighted by Crippen LogP contribution is 2.49. The van der Waals surface area contributed by atoms with Gasteiger partial charge >= 0.3 is 6.09 Å². The summed E-state index contributed by atoms with van der Waals surface area (Å²) in [5.41, 5.74) is 3.17. The summed E-state index contributed by atoms with van der Waals surface area (Å²) in [7, 11) is 1.37. The van der Waals surface area contributed by atoms with Crippen molar-refractivity contribution in [2.45, 2.75) is 31.2 Å². The van der Waals surface area contributed by atoms with Crippen molar-refractivity contribution in [2.75, 3.05) is 19.0 Å². The Morgan fingerprint density at radius 2 is 1.85 bits per heavy atom. The quantitative estimate of drug-likeness (QED) is 0.900. The van der Waals surface area contributed by atoms with Crippen molar-refractivity contribution in [3.05, 3.63) is 65.0 Å². The summed E-state index contributed by atoms with van der Waals surface area (Å²) in [6.45, 7) is 1.09. The van der Waals surface area contributed by atoms with E-state index >= 15 is 0 Å². The van der Waals surface area contributed by atoms with Crippen molar-refractivity contribution in [1.82, 2.24) is 4.90 Å². The highest BCUT2D eigenvalue weighted by molar-refractivity contribution is 6.01. The topological polar surface area (TPSA) is 58.6 Å². The van der Waals surface area contributed by atoms with Crippen LogP contribution in [-0.4, -0.2) is 30.6 Å². The summed E-state index contributed by atoms with van der Waals surface area (Å²) >= 11 is 0. The Kier molecular flexibility index (Phi) is 4.34. The number of hydrogen-bond donors (Lipinski definition) is 1. The van der Waals surface area contributed by atoms with E-state index in [4.69, 9.17) is 4.74 Å². The Balaban J connectivity index is 1.51. The maximum Gasteiger partial charge on any atom is 0.409 e. The fraction of sp³-hybridized carbons (Fsp3) is 0.333. The molecule has 2 aliphatic rings. The summed E-state index contributed by atoms with van der Waals surface area (Å²) < 4.78 is 18.0. The number of carbonyl (C=O) groups excluding carboxylic acids is 2. The summed E-state index contributed by atoms with van der Waals surface area (Å²) in [6.07, 6.45) is 1.93. The van der Waals surface area contributed by atoms with E-state index < -0.39 is 5.41 Å². The van der Waals surface area contributed by atoms with Crippen LogP contribution in [0.15, 0.2) is 42.5 Å². The van der Waals surface area contributed by atoms with Crippen LogP contribution >= 0.6 is 0 Å². The van der Waals surface area contributed by atoms with E-state index in [1.165, 1.54) is 24.8 Å². The predicted octanol–water partition coefficient (Wildman–Crippen LogP) is 3.62. The largest absolute Gasteiger partial charge is 0.453 e. The van der Waals surface area contributed by atoms with E-state index in [1.807, 2.05) is 18.2 Å². The number of amides is 2. The molecule has 27 heavy (non-hydrogen) atoms. The first-order chi connectivity index (χ1) is 13.0. The highest BCUT2D eigenvalue weighted by atomic mass is 19.1. The van der Waals surface area contributed by atoms with Gasteiger partial charge in [0.05, 0.1) is 12.5 Å². The van der Waals surface area contributed by atoms with Crippen LogP contribution < -0.4 is 5.32 Å². The smallest absolute Gasteiger partial charge is 0.409 e. The molecule has 1 aliphatic carbocycles. The zero-order valence-corrected chi connectivity index (χ0v) is 15.1. The molecule has 0 radical (unpaired) electrons. The number of ether oxygens (including phenoxy) is 1. The van der Waals surface area contributed by atoms with Crippen LogP contribution in [0.2, 0.25) is 0 Å². The Bertz CT molecular complexity index is 891. The Hall–Kier alpha value is -2.89. The molecular formula is C21H21FN2O3. The average molecular weight is 368 g/mol. The fourth-order valence-corrected chi connectivity index (χ4v) is 3.71. The lowest BCUT2D eigenvalue weighted by molar-refractivity contribution is -0.118. The Morgan fingerprint density at radius 1 is 1.11 bits per heavy atom. The van der Waals surface area contributed by atoms with E-state index in [1.54, 1.807) is 17.0 Å². The molecule has 1 heterocycles. The van der Waals surface area contributed by atoms with Crippen LogP contribution in [-0.2, 0) is 27.9 Å². The second-order valence-corrected chi connectivity index (χ2v) is 7.17. The van der Waals surface area contributed by atoms with Crippen LogP contribution in [0.3, 0.4) is 0 Å². The van der Waals surface area contributed by atoms with E-state index in [-0.39, 0.29) is 17.8 Å². The highest BCUT2D eigenvalue weighted by Gasteiger charge is 2.51. The molecule has 2 aromatic rings. The molecule has 0 bridgehead atoms. The molecule has 0 saturated heterocycles. The number of carbonyl (C=O) groups is 2. The van der Waals surface area contributed by atoms with Crippen LogP contribution in [0.25, 0.3) is 0 Å². The lowest BCUT2D eigenvalue weighted by Gasteiger charge is -2.28. The third kappa shape index (κ3) is 3.27. The molecule has 2 amide bonds. The van der Waals surface area contributed by atoms with Gasteiger partial charge in [-0.3, -0.25) is 4.79 Å². The van der Waals surface area contributed by atoms with Crippen LogP contribution in [0.4, 0.5) is 14.9 Å². The molecule has 0 atom stereocenters. The number of nitrogens with zero attached hydrogens (tertiary/aromatic N) is 1. The number of methoxy groups -OCH3 is 1. The molecule has 6 heteroatoms. The van der Waals surface area contributed by atoms with Gasteiger partial charge in [-0.1, -0.05) is 18.2 Å². The van der Waals surface area contributed by atoms with Gasteiger partial charge in [-0.05, 0) is 60.2 Å². The first-order valence-corrected chi connectivity index (χ1v) is 9.04. The summed E-state index contributed by atoms with van der Waals surface area (Å²) in [6, 6.07) is 12.0. The standard InChI is InChI=1S/C21H21FN2O3/c1-27-20(26)24-11-8-14-2-7-18(12-15(14)13-24)23-19(25)21(9-10-21)16-3-5-17(22)6-4-16/h2-7,12H,8-11,13H2,1H3,(H,23,25). The predicted molar refractivity (Wildman–Crippen MR) is 98.9 cm³/mol. The van der Waals surface area contributed by atoms with E-state index in [0.717, 1.165) is 30.4 Å². The number of hydrogen-bond acceptors (Lipinski definition) is 3. The number of benzene rings is 2. The van der Waals surface area contributed by atoms with Crippen molar-refractivity contribution in [3.63, 3.8) is 0 Å². The number of nitrogens with one attached hydrogen (secondary N) is 1. The minimum absolute atomic E-state index is 0.0744. The molecule has 5 nitrogen and oxygen atoms in total. The lowest BCUT2D eigenvalue weighted by atomic mass is 9.94. The van der Waals surface area contributed by atoms with Gasteiger partial charge < -0.3 is 15.0 Å². The fourth-order valence-electron chi connectivity index (χ4n) is 3.71. The molecular weight excluding hydrogens is 347 g/mol. The molecule has 1 saturated carbocycles. The number of anilines is 1. The van der Waals surface area contributed by atoms with Crippen molar-refractivity contribution in [2.24, 2.45) is 0 Å². The number of fused-ring (bicyclic) bond motifs is 1. The van der Waals surface area contributed by atoms with Gasteiger partial charge in [-0.15, -0.1) is 0 Å². The van der Waals surface area contributed by atoms with Gasteiger partial charge in [0.15, 0.2) is 0 Å². The van der Waals surface area contributed by atoms with E-state index in [2.05, 4.69) is 5.32 Å². The van der Waals surface area contributed by atoms with Gasteiger partial charge in [0.25, 0.3) is 0 Å². The lowest BCUT2D eigenvalue weighted by Crippen LogP contribution is -2.36. The SMILES string of the molecule is COC(=O)N1CCc2ccc(NC(=O)C3(c4ccc(F)cc4)CC3)cc2C1. The Morgan fingerprint density at radius 3 is 2.52 bits per heavy atom. The van der Waals surface area contributed by atoms with Gasteiger partial charge in [0.1, 0.15) is 5.82 Å². The monoisotopic (exact) mass is 368 g/mol. The third-order valence-electron chi connectivity index (χ3n) is 5.49. The van der Waals surface area contributed by atoms with Gasteiger partial charge in [-0.2, -0.15) is 0 Å². The maximum atomic E-state index is 13.2. The van der Waals surface area contributed by atoms with Crippen molar-refractivity contribution in [1.29, 1.82) is 0 Å². The number of halogens is 1. The summed E-state index contributed by atoms with van der Waals surface area (Å²) in [5, 5.41) is 3.00. The van der Waals surface area contributed by atoms with Crippen molar-refractivity contribution < 1.29 is 18.7 Å². The van der Waals surface area contributed by atoms with E-state index in [0.29, 0.717) is 18.8 Å². The normalized spacial score (nSPS) is 17.0. The van der Waals surface area contributed by atoms with Gasteiger partial charge in [0, 0.05) is 18.8 Å². The molecule has 0 aromatic heterocycles. The molecule has 0 unspecified atom stereocenters. The molecule has 4 rings (SSSR count). The van der Waals surface area contributed by atoms with Crippen LogP contribution in [0.5, 0.6) is 0 Å². The Labute approximate surface area is 157 Å². The summed E-state index contributed by atoms with van der Waals surface area (Å²) in [4.78, 5) is 26.3. The van der Waals surface area contributed by atoms with Crippen LogP contribution in [0.1, 0.15) is 29.5 Å². The minimum atomic E-state index is -0.568. The van der Waals surface area contributed by atoms with Crippen LogP contribution in [0, 0.1) is 5.82 Å². The van der Waals surface area contributed by atoms with Gasteiger partial charge in [-0.25, -0.2) is 9.18 Å². The minimum Gasteiger partial charge on any atom is -0.453 e. The van der Waals surface area contributed by atoms with Gasteiger partial charge in [0.2, 0.25) is 5.91 Å². The van der Waals surface area contributed by atoms with E-state index in [9.17, 15) is 14.0 Å². The maximum absolute atomic E-state index is 13.2. The number of rotatable bonds is 3. The average Bonchev–Trinajstić information content (AvgIpc) is 3.49. The first-order valence-electron chi connectivity index (χ1n) is 9.04. The zero-order chi connectivity index (χ0) is 19.0. The molecule has 2 aromatic carbocycles. The molecule has 0 spiro atoms. The third-order valence-corrected chi connectivity index (χ3v) is 5.49. The second kappa shape index (κ2) is 6.68. The molecule has 140 valence electrons. The molecule has 1 aliphatic heterocycles. The molecule has 1 N–H and O–H groups in total.